The monoisotopic (exact) mass is 632 g/mol. The number of aliphatic hydroxyl groups excluding tert-OH is 1. The summed E-state index contributed by atoms with van der Waals surface area (Å²) in [6.07, 6.45) is 1.48. The van der Waals surface area contributed by atoms with E-state index in [4.69, 9.17) is 4.74 Å². The number of ether oxygens (including phenoxy) is 1. The van der Waals surface area contributed by atoms with Crippen molar-refractivity contribution in [2.24, 2.45) is 13.0 Å². The Labute approximate surface area is 264 Å². The number of aromatic nitrogens is 1. The number of amides is 2. The third-order valence-corrected chi connectivity index (χ3v) is 10.3. The Morgan fingerprint density at radius 3 is 2.56 bits per heavy atom. The molecule has 11 heteroatoms. The van der Waals surface area contributed by atoms with Crippen LogP contribution in [0.3, 0.4) is 0 Å². The minimum atomic E-state index is -3.80. The average Bonchev–Trinajstić information content (AvgIpc) is 3.33. The van der Waals surface area contributed by atoms with Gasteiger partial charge in [-0.25, -0.2) is 8.42 Å². The highest BCUT2D eigenvalue weighted by molar-refractivity contribution is 7.89. The molecule has 1 aliphatic rings. The fraction of sp³-hybridized carbons (Fsp3) is 0.353. The van der Waals surface area contributed by atoms with E-state index in [1.54, 1.807) is 54.3 Å². The van der Waals surface area contributed by atoms with Crippen molar-refractivity contribution in [1.29, 1.82) is 0 Å². The molecule has 2 amide bonds. The van der Waals surface area contributed by atoms with Crippen LogP contribution in [0.2, 0.25) is 0 Å². The Balaban J connectivity index is 1.41. The Morgan fingerprint density at radius 1 is 1.13 bits per heavy atom. The number of fused-ring (bicyclic) bond motifs is 2. The van der Waals surface area contributed by atoms with Crippen LogP contribution in [-0.2, 0) is 28.3 Å². The van der Waals surface area contributed by atoms with Crippen LogP contribution in [0.1, 0.15) is 35.3 Å². The molecule has 45 heavy (non-hydrogen) atoms. The molecule has 3 aromatic carbocycles. The zero-order valence-electron chi connectivity index (χ0n) is 26.2. The van der Waals surface area contributed by atoms with E-state index >= 15 is 0 Å². The second kappa shape index (κ2) is 13.0. The molecule has 0 fully saturated rings. The van der Waals surface area contributed by atoms with Gasteiger partial charge < -0.3 is 24.6 Å². The summed E-state index contributed by atoms with van der Waals surface area (Å²) in [5, 5.41) is 13.9. The number of nitrogens with zero attached hydrogens (tertiary/aromatic N) is 3. The van der Waals surface area contributed by atoms with Crippen LogP contribution in [0.15, 0.2) is 77.8 Å². The van der Waals surface area contributed by atoms with Gasteiger partial charge in [-0.2, -0.15) is 4.31 Å². The summed E-state index contributed by atoms with van der Waals surface area (Å²) in [6.45, 7) is 5.57. The van der Waals surface area contributed by atoms with E-state index in [9.17, 15) is 23.1 Å². The number of hydrogen-bond donors (Lipinski definition) is 2. The Morgan fingerprint density at radius 2 is 1.84 bits per heavy atom. The second-order valence-electron chi connectivity index (χ2n) is 11.9. The van der Waals surface area contributed by atoms with Crippen molar-refractivity contribution in [1.82, 2.24) is 13.8 Å². The van der Waals surface area contributed by atoms with Gasteiger partial charge in [0.1, 0.15) is 11.9 Å². The number of para-hydroxylation sites is 1. The highest BCUT2D eigenvalue weighted by atomic mass is 32.2. The van der Waals surface area contributed by atoms with Gasteiger partial charge >= 0.3 is 0 Å². The summed E-state index contributed by atoms with van der Waals surface area (Å²) in [6, 6.07) is 18.9. The van der Waals surface area contributed by atoms with Gasteiger partial charge in [0.25, 0.3) is 5.91 Å². The van der Waals surface area contributed by atoms with Crippen LogP contribution >= 0.6 is 0 Å². The van der Waals surface area contributed by atoms with Crippen molar-refractivity contribution in [2.75, 3.05) is 32.1 Å². The van der Waals surface area contributed by atoms with Crippen molar-refractivity contribution in [3.8, 4) is 5.75 Å². The van der Waals surface area contributed by atoms with Gasteiger partial charge in [-0.1, -0.05) is 42.8 Å². The summed E-state index contributed by atoms with van der Waals surface area (Å²) >= 11 is 0. The van der Waals surface area contributed by atoms with E-state index in [1.165, 1.54) is 11.4 Å². The smallest absolute Gasteiger partial charge is 0.258 e. The number of likely N-dealkylation sites (N-methyl/N-ethyl adjacent to an activating group) is 1. The van der Waals surface area contributed by atoms with E-state index in [1.807, 2.05) is 55.9 Å². The molecule has 1 aromatic heterocycles. The highest BCUT2D eigenvalue weighted by Gasteiger charge is 2.35. The molecule has 2 N–H and O–H groups in total. The molecule has 0 unspecified atom stereocenters. The fourth-order valence-electron chi connectivity index (χ4n) is 5.70. The van der Waals surface area contributed by atoms with Crippen LogP contribution in [-0.4, -0.2) is 78.0 Å². The normalized spacial score (nSPS) is 17.8. The van der Waals surface area contributed by atoms with Gasteiger partial charge in [0, 0.05) is 49.3 Å². The highest BCUT2D eigenvalue weighted by Crippen LogP contribution is 2.31. The molecule has 3 atom stereocenters. The van der Waals surface area contributed by atoms with Gasteiger partial charge in [-0.05, 0) is 55.8 Å². The molecule has 10 nitrogen and oxygen atoms in total. The fourth-order valence-corrected chi connectivity index (χ4v) is 6.89. The van der Waals surface area contributed by atoms with Gasteiger partial charge in [0.05, 0.1) is 36.1 Å². The first-order valence-corrected chi connectivity index (χ1v) is 16.4. The molecule has 0 spiro atoms. The number of carbonyl (C=O) groups is 2. The summed E-state index contributed by atoms with van der Waals surface area (Å²) in [5.74, 6) is -0.574. The maximum Gasteiger partial charge on any atom is 0.258 e. The van der Waals surface area contributed by atoms with Gasteiger partial charge in [-0.15, -0.1) is 0 Å². The summed E-state index contributed by atoms with van der Waals surface area (Å²) in [5.41, 5.74) is 3.53. The molecule has 1 aliphatic heterocycles. The minimum Gasteiger partial charge on any atom is -0.488 e. The lowest BCUT2D eigenvalue weighted by Crippen LogP contribution is -2.50. The van der Waals surface area contributed by atoms with Crippen LogP contribution in [0.25, 0.3) is 10.9 Å². The number of hydrogen-bond acceptors (Lipinski definition) is 6. The molecule has 2 heterocycles. The lowest BCUT2D eigenvalue weighted by molar-refractivity contribution is -0.115. The molecular formula is C34H40N4O6S. The van der Waals surface area contributed by atoms with Crippen LogP contribution in [0.5, 0.6) is 5.75 Å². The molecule has 0 aliphatic carbocycles. The zero-order valence-corrected chi connectivity index (χ0v) is 27.0. The topological polar surface area (TPSA) is 121 Å². The van der Waals surface area contributed by atoms with E-state index in [-0.39, 0.29) is 60.1 Å². The van der Waals surface area contributed by atoms with Crippen molar-refractivity contribution < 1.29 is 27.9 Å². The van der Waals surface area contributed by atoms with E-state index in [2.05, 4.69) is 5.32 Å². The Bertz CT molecular complexity index is 1820. The van der Waals surface area contributed by atoms with Gasteiger partial charge in [0.2, 0.25) is 15.9 Å². The molecule has 0 radical (unpaired) electrons. The molecule has 5 rings (SSSR count). The van der Waals surface area contributed by atoms with Gasteiger partial charge in [0.15, 0.2) is 0 Å². The zero-order chi connectivity index (χ0) is 32.5. The molecule has 0 saturated carbocycles. The van der Waals surface area contributed by atoms with Crippen molar-refractivity contribution >= 4 is 38.4 Å². The Hall–Kier alpha value is -4.19. The summed E-state index contributed by atoms with van der Waals surface area (Å²) < 4.78 is 36.4. The summed E-state index contributed by atoms with van der Waals surface area (Å²) in [7, 11) is -0.346. The predicted octanol–water partition coefficient (Wildman–Crippen LogP) is 4.21. The third kappa shape index (κ3) is 6.75. The Kier molecular flexibility index (Phi) is 9.33. The van der Waals surface area contributed by atoms with Gasteiger partial charge in [-0.3, -0.25) is 9.59 Å². The lowest BCUT2D eigenvalue weighted by atomic mass is 9.99. The molecule has 238 valence electrons. The average molecular weight is 633 g/mol. The van der Waals surface area contributed by atoms with Crippen LogP contribution in [0.4, 0.5) is 5.69 Å². The van der Waals surface area contributed by atoms with Crippen LogP contribution in [0, 0.1) is 12.8 Å². The SMILES string of the molecule is Cc1ccc(S(=O)(=O)N(C)C[C@H]2Oc3ccc(NC(=O)Cc4cn(C)c5ccccc45)cc3C(=O)N([C@H](C)CO)C[C@H]2C)cc1. The molecule has 0 saturated heterocycles. The van der Waals surface area contributed by atoms with E-state index < -0.39 is 22.2 Å². The summed E-state index contributed by atoms with van der Waals surface area (Å²) in [4.78, 5) is 28.7. The first-order chi connectivity index (χ1) is 21.4. The number of anilines is 1. The lowest BCUT2D eigenvalue weighted by Gasteiger charge is -2.38. The van der Waals surface area contributed by atoms with E-state index in [0.717, 1.165) is 22.0 Å². The van der Waals surface area contributed by atoms with Crippen molar-refractivity contribution in [2.45, 2.75) is 44.2 Å². The molecule has 0 bridgehead atoms. The van der Waals surface area contributed by atoms with Crippen LogP contribution < -0.4 is 10.1 Å². The predicted molar refractivity (Wildman–Crippen MR) is 174 cm³/mol. The van der Waals surface area contributed by atoms with Crippen molar-refractivity contribution in [3.05, 3.63) is 89.6 Å². The second-order valence-corrected chi connectivity index (χ2v) is 14.0. The molecular weight excluding hydrogens is 592 g/mol. The molecule has 4 aromatic rings. The number of carbonyl (C=O) groups excluding carboxylic acids is 2. The maximum absolute atomic E-state index is 13.8. The minimum absolute atomic E-state index is 0.0376. The number of aliphatic hydroxyl groups is 1. The third-order valence-electron chi connectivity index (χ3n) is 8.45. The number of aryl methyl sites for hydroxylation is 2. The number of benzene rings is 3. The maximum atomic E-state index is 13.8. The first-order valence-electron chi connectivity index (χ1n) is 15.0. The van der Waals surface area contributed by atoms with E-state index in [0.29, 0.717) is 5.69 Å². The number of rotatable bonds is 9. The number of nitrogens with one attached hydrogen (secondary N) is 1. The number of sulfonamides is 1. The standard InChI is InChI=1S/C34H40N4O6S/c1-22-10-13-27(14-11-22)45(42,43)37(5)20-32-23(2)18-38(24(3)21-39)34(41)29-17-26(12-15-31(29)44-32)35-33(40)16-25-19-36(4)30-9-7-6-8-28(25)30/h6-15,17,19,23-24,32,39H,16,18,20-21H2,1-5H3,(H,35,40)/t23-,24-,32-/m1/s1. The van der Waals surface area contributed by atoms with Crippen molar-refractivity contribution in [3.63, 3.8) is 0 Å². The first kappa shape index (κ1) is 32.2. The largest absolute Gasteiger partial charge is 0.488 e. The quantitative estimate of drug-likeness (QED) is 0.285.